The average molecular weight is 246 g/mol. The van der Waals surface area contributed by atoms with Crippen molar-refractivity contribution in [2.75, 3.05) is 33.4 Å². The Morgan fingerprint density at radius 3 is 2.94 bits per heavy atom. The fourth-order valence-electron chi connectivity index (χ4n) is 1.66. The number of carbonyl (C=O) groups excluding carboxylic acids is 1. The molecule has 2 amide bonds. The number of hydroxylamine groups is 1. The third kappa shape index (κ3) is 5.50. The molecule has 0 aromatic heterocycles. The molecule has 1 rings (SSSR count). The number of hydrogen-bond acceptors (Lipinski definition) is 4. The molecule has 0 bridgehead atoms. The van der Waals surface area contributed by atoms with E-state index in [0.29, 0.717) is 19.1 Å². The van der Waals surface area contributed by atoms with Gasteiger partial charge in [0.2, 0.25) is 0 Å². The number of nitrogens with one attached hydrogen (secondary N) is 1. The predicted molar refractivity (Wildman–Crippen MR) is 58.3 cm³/mol. The van der Waals surface area contributed by atoms with Gasteiger partial charge in [-0.15, -0.1) is 0 Å². The van der Waals surface area contributed by atoms with E-state index in [1.807, 2.05) is 0 Å². The Bertz CT molecular complexity index is 265. The highest BCUT2D eigenvalue weighted by Gasteiger charge is 2.18. The van der Waals surface area contributed by atoms with Crippen molar-refractivity contribution in [2.24, 2.45) is 5.92 Å². The van der Waals surface area contributed by atoms with Crippen LogP contribution in [0.25, 0.3) is 0 Å². The van der Waals surface area contributed by atoms with E-state index in [-0.39, 0.29) is 0 Å². The van der Waals surface area contributed by atoms with E-state index >= 15 is 0 Å². The van der Waals surface area contributed by atoms with E-state index < -0.39 is 18.6 Å². The number of carboxylic acids is 1. The molecule has 1 aliphatic rings. The maximum Gasteiger partial charge on any atom is 0.341 e. The fraction of sp³-hybridized carbons (Fsp3) is 0.800. The van der Waals surface area contributed by atoms with Crippen LogP contribution < -0.4 is 5.48 Å². The summed E-state index contributed by atoms with van der Waals surface area (Å²) in [6.07, 6.45) is 2.04. The van der Waals surface area contributed by atoms with Crippen molar-refractivity contribution in [3.05, 3.63) is 0 Å². The van der Waals surface area contributed by atoms with Crippen molar-refractivity contribution >= 4 is 12.0 Å². The average Bonchev–Trinajstić information content (AvgIpc) is 2.29. The third-order valence-corrected chi connectivity index (χ3v) is 2.49. The lowest BCUT2D eigenvalue weighted by Gasteiger charge is -2.26. The molecule has 0 aromatic rings. The van der Waals surface area contributed by atoms with E-state index in [1.165, 1.54) is 4.90 Å². The Labute approximate surface area is 99.6 Å². The van der Waals surface area contributed by atoms with Crippen molar-refractivity contribution < 1.29 is 24.3 Å². The Morgan fingerprint density at radius 1 is 1.59 bits per heavy atom. The smallest absolute Gasteiger partial charge is 0.341 e. The third-order valence-electron chi connectivity index (χ3n) is 2.49. The summed E-state index contributed by atoms with van der Waals surface area (Å²) in [4.78, 5) is 27.6. The Morgan fingerprint density at radius 2 is 2.35 bits per heavy atom. The van der Waals surface area contributed by atoms with Crippen LogP contribution in [0.5, 0.6) is 0 Å². The summed E-state index contributed by atoms with van der Waals surface area (Å²) < 4.78 is 5.31. The van der Waals surface area contributed by atoms with Crippen LogP contribution in [0.2, 0.25) is 0 Å². The van der Waals surface area contributed by atoms with Crippen LogP contribution in [-0.2, 0) is 14.4 Å². The second kappa shape index (κ2) is 7.08. The van der Waals surface area contributed by atoms with Gasteiger partial charge in [-0.25, -0.2) is 15.1 Å². The number of aliphatic carboxylic acids is 1. The molecule has 98 valence electrons. The summed E-state index contributed by atoms with van der Waals surface area (Å²) in [5.74, 6) is -0.799. The fourth-order valence-corrected chi connectivity index (χ4v) is 1.66. The van der Waals surface area contributed by atoms with Crippen molar-refractivity contribution in [2.45, 2.75) is 12.8 Å². The quantitative estimate of drug-likeness (QED) is 0.670. The molecule has 7 nitrogen and oxygen atoms in total. The second-order valence-corrected chi connectivity index (χ2v) is 4.05. The number of carboxylic acid groups (broad SMARTS) is 1. The minimum absolute atomic E-state index is 0.332. The normalized spacial score (nSPS) is 19.7. The van der Waals surface area contributed by atoms with Gasteiger partial charge in [-0.3, -0.25) is 4.84 Å². The summed E-state index contributed by atoms with van der Waals surface area (Å²) >= 11 is 0. The molecular weight excluding hydrogens is 228 g/mol. The lowest BCUT2D eigenvalue weighted by molar-refractivity contribution is -0.144. The van der Waals surface area contributed by atoms with Crippen LogP contribution in [0.4, 0.5) is 4.79 Å². The first-order chi connectivity index (χ1) is 8.09. The SMILES string of the molecule is CN(CC1CCCOC1)C(=O)NOCC(=O)O. The van der Waals surface area contributed by atoms with Crippen molar-refractivity contribution in [1.29, 1.82) is 0 Å². The van der Waals surface area contributed by atoms with Gasteiger partial charge < -0.3 is 14.7 Å². The van der Waals surface area contributed by atoms with Gasteiger partial charge in [0, 0.05) is 26.1 Å². The van der Waals surface area contributed by atoms with Gasteiger partial charge in [0.25, 0.3) is 0 Å². The van der Waals surface area contributed by atoms with Crippen LogP contribution in [0.3, 0.4) is 0 Å². The molecule has 1 saturated heterocycles. The molecule has 7 heteroatoms. The first-order valence-corrected chi connectivity index (χ1v) is 5.52. The number of ether oxygens (including phenoxy) is 1. The first kappa shape index (κ1) is 13.7. The summed E-state index contributed by atoms with van der Waals surface area (Å²) in [6.45, 7) is 1.47. The van der Waals surface area contributed by atoms with Gasteiger partial charge in [0.15, 0.2) is 6.61 Å². The number of amides is 2. The molecule has 17 heavy (non-hydrogen) atoms. The molecule has 1 unspecified atom stereocenters. The van der Waals surface area contributed by atoms with Crippen molar-refractivity contribution in [3.8, 4) is 0 Å². The van der Waals surface area contributed by atoms with Gasteiger partial charge in [-0.1, -0.05) is 0 Å². The standard InChI is InChI=1S/C10H18N2O5/c1-12(5-8-3-2-4-16-6-8)10(15)11-17-7-9(13)14/h8H,2-7H2,1H3,(H,11,15)(H,13,14). The van der Waals surface area contributed by atoms with E-state index in [0.717, 1.165) is 19.4 Å². The summed E-state index contributed by atoms with van der Waals surface area (Å²) in [5.41, 5.74) is 2.07. The summed E-state index contributed by atoms with van der Waals surface area (Å²) in [5, 5.41) is 8.32. The van der Waals surface area contributed by atoms with E-state index in [1.54, 1.807) is 7.05 Å². The molecule has 1 atom stereocenters. The first-order valence-electron chi connectivity index (χ1n) is 5.52. The van der Waals surface area contributed by atoms with E-state index in [2.05, 4.69) is 10.3 Å². The van der Waals surface area contributed by atoms with Crippen molar-refractivity contribution in [3.63, 3.8) is 0 Å². The molecule has 1 fully saturated rings. The minimum Gasteiger partial charge on any atom is -0.479 e. The molecule has 0 spiro atoms. The molecule has 1 heterocycles. The maximum absolute atomic E-state index is 11.5. The van der Waals surface area contributed by atoms with Crippen molar-refractivity contribution in [1.82, 2.24) is 10.4 Å². The highest BCUT2D eigenvalue weighted by atomic mass is 16.7. The lowest BCUT2D eigenvalue weighted by atomic mass is 10.0. The molecule has 2 N–H and O–H groups in total. The highest BCUT2D eigenvalue weighted by molar-refractivity contribution is 5.73. The van der Waals surface area contributed by atoms with Crippen LogP contribution in [0, 0.1) is 5.92 Å². The summed E-state index contributed by atoms with van der Waals surface area (Å²) in [7, 11) is 1.63. The number of nitrogens with zero attached hydrogens (tertiary/aromatic N) is 1. The van der Waals surface area contributed by atoms with Crippen LogP contribution in [0.15, 0.2) is 0 Å². The molecule has 0 radical (unpaired) electrons. The van der Waals surface area contributed by atoms with Gasteiger partial charge in [-0.2, -0.15) is 0 Å². The van der Waals surface area contributed by atoms with Gasteiger partial charge in [0.05, 0.1) is 6.61 Å². The second-order valence-electron chi connectivity index (χ2n) is 4.05. The zero-order valence-corrected chi connectivity index (χ0v) is 9.85. The minimum atomic E-state index is -1.13. The molecular formula is C10H18N2O5. The maximum atomic E-state index is 11.5. The van der Waals surface area contributed by atoms with Gasteiger partial charge in [-0.05, 0) is 12.8 Å². The number of carbonyl (C=O) groups is 2. The van der Waals surface area contributed by atoms with Crippen LogP contribution >= 0.6 is 0 Å². The Balaban J connectivity index is 2.18. The van der Waals surface area contributed by atoms with Gasteiger partial charge >= 0.3 is 12.0 Å². The highest BCUT2D eigenvalue weighted by Crippen LogP contribution is 2.14. The molecule has 0 aromatic carbocycles. The lowest BCUT2D eigenvalue weighted by Crippen LogP contribution is -2.41. The van der Waals surface area contributed by atoms with E-state index in [4.69, 9.17) is 9.84 Å². The Kier molecular flexibility index (Phi) is 5.71. The zero-order valence-electron chi connectivity index (χ0n) is 9.85. The molecule has 0 aliphatic carbocycles. The van der Waals surface area contributed by atoms with Crippen LogP contribution in [0.1, 0.15) is 12.8 Å². The number of urea groups is 1. The molecule has 0 saturated carbocycles. The number of rotatable bonds is 5. The predicted octanol–water partition coefficient (Wildman–Crippen LogP) is 0.0706. The van der Waals surface area contributed by atoms with Gasteiger partial charge in [0.1, 0.15) is 0 Å². The van der Waals surface area contributed by atoms with E-state index in [9.17, 15) is 9.59 Å². The Hall–Kier alpha value is -1.34. The number of hydrogen-bond donors (Lipinski definition) is 2. The van der Waals surface area contributed by atoms with Crippen LogP contribution in [-0.4, -0.2) is 55.4 Å². The largest absolute Gasteiger partial charge is 0.479 e. The molecule has 1 aliphatic heterocycles. The zero-order chi connectivity index (χ0) is 12.7. The summed E-state index contributed by atoms with van der Waals surface area (Å²) in [6, 6.07) is -0.447. The topological polar surface area (TPSA) is 88.1 Å². The monoisotopic (exact) mass is 246 g/mol.